The number of benzene rings is 4. The van der Waals surface area contributed by atoms with Gasteiger partial charge in [-0.3, -0.25) is 4.57 Å². The Hall–Kier alpha value is -5.21. The molecule has 2 heterocycles. The lowest BCUT2D eigenvalue weighted by molar-refractivity contribution is 0.446. The van der Waals surface area contributed by atoms with Gasteiger partial charge < -0.3 is 9.95 Å². The summed E-state index contributed by atoms with van der Waals surface area (Å²) in [6.45, 7) is 27.2. The van der Waals surface area contributed by atoms with Crippen molar-refractivity contribution >= 4 is 16.9 Å². The molecule has 0 spiro atoms. The summed E-state index contributed by atoms with van der Waals surface area (Å²) in [5, 5.41) is 12.0. The molecule has 0 unspecified atom stereocenters. The van der Waals surface area contributed by atoms with Gasteiger partial charge in [0, 0.05) is 22.4 Å². The van der Waals surface area contributed by atoms with Crippen LogP contribution >= 0.6 is 0 Å². The molecule has 242 valence electrons. The molecular weight excluding hydrogens is 589 g/mol. The lowest BCUT2D eigenvalue weighted by atomic mass is 9.79. The van der Waals surface area contributed by atoms with Crippen LogP contribution in [0, 0.1) is 6.57 Å². The second-order valence-electron chi connectivity index (χ2n) is 15.7. The van der Waals surface area contributed by atoms with Gasteiger partial charge in [0.1, 0.15) is 11.6 Å². The average molecular weight is 633 g/mol. The first-order valence-corrected chi connectivity index (χ1v) is 16.5. The standard InChI is InChI=1S/C43H44N4O/c1-41(2,3)29-23-27(22-28(24-29)35-19-15-21-37(44-10)45-35)32-18-14-20-36-38(32)46-40(47(36)31-16-12-11-13-17-31)33-25-30(42(4,5)6)26-34(39(33)48)43(7,8)9/h11-26,48H,1-9H3. The van der Waals surface area contributed by atoms with Crippen LogP contribution < -0.4 is 0 Å². The zero-order valence-electron chi connectivity index (χ0n) is 29.5. The van der Waals surface area contributed by atoms with Gasteiger partial charge in [-0.15, -0.1) is 4.98 Å². The van der Waals surface area contributed by atoms with Crippen LogP contribution in [0.15, 0.2) is 97.1 Å². The molecule has 4 aromatic carbocycles. The number of para-hydroxylation sites is 2. The van der Waals surface area contributed by atoms with E-state index in [2.05, 4.69) is 137 Å². The number of hydrogen-bond acceptors (Lipinski definition) is 3. The highest BCUT2D eigenvalue weighted by atomic mass is 16.3. The minimum Gasteiger partial charge on any atom is -0.507 e. The monoisotopic (exact) mass is 632 g/mol. The first-order valence-electron chi connectivity index (χ1n) is 16.5. The maximum Gasteiger partial charge on any atom is 0.270 e. The van der Waals surface area contributed by atoms with Gasteiger partial charge in [0.25, 0.3) is 5.82 Å². The zero-order valence-corrected chi connectivity index (χ0v) is 29.5. The normalized spacial score (nSPS) is 12.3. The highest BCUT2D eigenvalue weighted by Gasteiger charge is 2.29. The first-order chi connectivity index (χ1) is 22.6. The summed E-state index contributed by atoms with van der Waals surface area (Å²) in [7, 11) is 0. The second-order valence-corrected chi connectivity index (χ2v) is 15.7. The third kappa shape index (κ3) is 6.11. The Labute approximate surface area is 284 Å². The summed E-state index contributed by atoms with van der Waals surface area (Å²) in [4.78, 5) is 13.6. The summed E-state index contributed by atoms with van der Waals surface area (Å²) in [6, 6.07) is 33.0. The Balaban J connectivity index is 1.70. The van der Waals surface area contributed by atoms with Gasteiger partial charge >= 0.3 is 0 Å². The van der Waals surface area contributed by atoms with E-state index in [1.807, 2.05) is 30.3 Å². The molecule has 2 aromatic heterocycles. The fraction of sp³-hybridized carbons (Fsp3) is 0.279. The molecule has 48 heavy (non-hydrogen) atoms. The Bertz CT molecular complexity index is 2200. The van der Waals surface area contributed by atoms with E-state index in [1.165, 1.54) is 0 Å². The Morgan fingerprint density at radius 2 is 1.27 bits per heavy atom. The van der Waals surface area contributed by atoms with Crippen LogP contribution in [0.3, 0.4) is 0 Å². The topological polar surface area (TPSA) is 55.3 Å². The number of fused-ring (bicyclic) bond motifs is 1. The van der Waals surface area contributed by atoms with E-state index in [1.54, 1.807) is 6.07 Å². The third-order valence-corrected chi connectivity index (χ3v) is 8.98. The number of phenolic OH excluding ortho intramolecular Hbond substituents is 1. The number of aromatic nitrogens is 3. The van der Waals surface area contributed by atoms with Crippen LogP contribution in [0.25, 0.3) is 55.3 Å². The van der Waals surface area contributed by atoms with E-state index in [9.17, 15) is 5.11 Å². The molecule has 0 aliphatic carbocycles. The van der Waals surface area contributed by atoms with Gasteiger partial charge in [0.15, 0.2) is 5.69 Å². The van der Waals surface area contributed by atoms with Gasteiger partial charge in [-0.05, 0) is 81.5 Å². The van der Waals surface area contributed by atoms with E-state index in [0.29, 0.717) is 17.2 Å². The Morgan fingerprint density at radius 3 is 1.92 bits per heavy atom. The van der Waals surface area contributed by atoms with Crippen molar-refractivity contribution in [3.63, 3.8) is 0 Å². The van der Waals surface area contributed by atoms with Gasteiger partial charge in [-0.1, -0.05) is 117 Å². The smallest absolute Gasteiger partial charge is 0.270 e. The number of phenols is 1. The molecule has 0 saturated carbocycles. The van der Waals surface area contributed by atoms with Crippen molar-refractivity contribution in [1.29, 1.82) is 0 Å². The number of nitrogens with zero attached hydrogens (tertiary/aromatic N) is 4. The Morgan fingerprint density at radius 1 is 0.625 bits per heavy atom. The highest BCUT2D eigenvalue weighted by Crippen LogP contribution is 2.44. The van der Waals surface area contributed by atoms with E-state index >= 15 is 0 Å². The minimum absolute atomic E-state index is 0.132. The Kier molecular flexibility index (Phi) is 8.04. The number of pyridine rings is 1. The summed E-state index contributed by atoms with van der Waals surface area (Å²) >= 11 is 0. The van der Waals surface area contributed by atoms with E-state index in [-0.39, 0.29) is 22.0 Å². The summed E-state index contributed by atoms with van der Waals surface area (Å²) in [5.41, 5.74) is 9.83. The maximum absolute atomic E-state index is 12.0. The van der Waals surface area contributed by atoms with Crippen LogP contribution in [0.4, 0.5) is 5.82 Å². The molecule has 1 N–H and O–H groups in total. The fourth-order valence-corrected chi connectivity index (χ4v) is 6.17. The number of aromatic hydroxyl groups is 1. The van der Waals surface area contributed by atoms with Crippen LogP contribution in [0.5, 0.6) is 5.75 Å². The predicted molar refractivity (Wildman–Crippen MR) is 199 cm³/mol. The molecule has 0 aliphatic heterocycles. The van der Waals surface area contributed by atoms with E-state index in [4.69, 9.17) is 11.6 Å². The van der Waals surface area contributed by atoms with Crippen molar-refractivity contribution in [3.8, 4) is 45.2 Å². The van der Waals surface area contributed by atoms with Crippen molar-refractivity contribution in [2.24, 2.45) is 0 Å². The second kappa shape index (κ2) is 11.8. The number of hydrogen-bond donors (Lipinski definition) is 1. The lowest BCUT2D eigenvalue weighted by Gasteiger charge is -2.27. The molecule has 5 nitrogen and oxygen atoms in total. The number of imidazole rings is 1. The molecule has 0 fully saturated rings. The van der Waals surface area contributed by atoms with Crippen molar-refractivity contribution in [2.45, 2.75) is 78.6 Å². The van der Waals surface area contributed by atoms with E-state index in [0.717, 1.165) is 55.8 Å². The van der Waals surface area contributed by atoms with Crippen molar-refractivity contribution in [1.82, 2.24) is 14.5 Å². The molecule has 6 rings (SSSR count). The van der Waals surface area contributed by atoms with Crippen molar-refractivity contribution in [2.75, 3.05) is 0 Å². The average Bonchev–Trinajstić information content (AvgIpc) is 3.43. The third-order valence-electron chi connectivity index (χ3n) is 8.98. The van der Waals surface area contributed by atoms with Gasteiger partial charge in [0.05, 0.1) is 16.6 Å². The summed E-state index contributed by atoms with van der Waals surface area (Å²) < 4.78 is 2.17. The molecule has 0 bridgehead atoms. The molecule has 0 amide bonds. The molecule has 0 saturated heterocycles. The lowest BCUT2D eigenvalue weighted by Crippen LogP contribution is -2.17. The highest BCUT2D eigenvalue weighted by molar-refractivity contribution is 5.97. The zero-order chi connectivity index (χ0) is 34.6. The van der Waals surface area contributed by atoms with Gasteiger partial charge in [-0.25, -0.2) is 4.98 Å². The quantitative estimate of drug-likeness (QED) is 0.197. The van der Waals surface area contributed by atoms with Crippen LogP contribution in [-0.2, 0) is 16.2 Å². The van der Waals surface area contributed by atoms with Crippen LogP contribution in [-0.4, -0.2) is 19.6 Å². The number of rotatable bonds is 4. The van der Waals surface area contributed by atoms with E-state index < -0.39 is 0 Å². The summed E-state index contributed by atoms with van der Waals surface area (Å²) in [5.74, 6) is 1.32. The molecule has 0 aliphatic rings. The van der Waals surface area contributed by atoms with Crippen LogP contribution in [0.2, 0.25) is 0 Å². The minimum atomic E-state index is -0.281. The predicted octanol–water partition coefficient (Wildman–Crippen LogP) is 11.6. The molecular formula is C43H44N4O. The fourth-order valence-electron chi connectivity index (χ4n) is 6.17. The molecule has 5 heteroatoms. The first kappa shape index (κ1) is 32.7. The summed E-state index contributed by atoms with van der Waals surface area (Å²) in [6.07, 6.45) is 0. The largest absolute Gasteiger partial charge is 0.507 e. The SMILES string of the molecule is [C-]#[N+]c1cccc(-c2cc(-c3cccc4c3nc(-c3cc(C(C)(C)C)cc(C(C)(C)C)c3O)n4-c3ccccc3)cc(C(C)(C)C)c2)n1. The van der Waals surface area contributed by atoms with Crippen molar-refractivity contribution in [3.05, 3.63) is 125 Å². The van der Waals surface area contributed by atoms with Gasteiger partial charge in [-0.2, -0.15) is 0 Å². The van der Waals surface area contributed by atoms with Crippen LogP contribution in [0.1, 0.15) is 79.0 Å². The molecule has 0 atom stereocenters. The molecule has 6 aromatic rings. The molecule has 0 radical (unpaired) electrons. The van der Waals surface area contributed by atoms with Crippen molar-refractivity contribution < 1.29 is 5.11 Å². The van der Waals surface area contributed by atoms with Gasteiger partial charge in [0.2, 0.25) is 0 Å². The maximum atomic E-state index is 12.0.